The zero-order chi connectivity index (χ0) is 20.8. The van der Waals surface area contributed by atoms with E-state index in [-0.39, 0.29) is 5.91 Å². The molecule has 1 amide bonds. The van der Waals surface area contributed by atoms with Crippen molar-refractivity contribution in [2.75, 3.05) is 23.3 Å². The Morgan fingerprint density at radius 2 is 1.67 bits per heavy atom. The normalized spacial score (nSPS) is 13.7. The number of anilines is 2. The molecule has 1 N–H and O–H groups in total. The third kappa shape index (κ3) is 5.14. The summed E-state index contributed by atoms with van der Waals surface area (Å²) < 4.78 is 5.78. The number of halogens is 1. The average molecular weight is 421 g/mol. The summed E-state index contributed by atoms with van der Waals surface area (Å²) in [6.07, 6.45) is 3.66. The van der Waals surface area contributed by atoms with Gasteiger partial charge in [-0.25, -0.2) is 0 Å². The van der Waals surface area contributed by atoms with Crippen molar-refractivity contribution >= 4 is 28.9 Å². The van der Waals surface area contributed by atoms with E-state index in [1.165, 1.54) is 19.3 Å². The lowest BCUT2D eigenvalue weighted by molar-refractivity contribution is 0.102. The third-order valence-corrected chi connectivity index (χ3v) is 5.57. The Bertz CT molecular complexity index is 984. The molecule has 0 saturated carbocycles. The first-order chi connectivity index (χ1) is 14.7. The molecule has 1 saturated heterocycles. The van der Waals surface area contributed by atoms with Crippen molar-refractivity contribution in [1.29, 1.82) is 0 Å². The molecule has 154 valence electrons. The van der Waals surface area contributed by atoms with Crippen molar-refractivity contribution in [3.05, 3.63) is 88.9 Å². The minimum absolute atomic E-state index is 0.175. The van der Waals surface area contributed by atoms with Crippen LogP contribution in [0.15, 0.2) is 72.8 Å². The summed E-state index contributed by atoms with van der Waals surface area (Å²) in [7, 11) is 0. The summed E-state index contributed by atoms with van der Waals surface area (Å²) in [5, 5.41) is 3.59. The summed E-state index contributed by atoms with van der Waals surface area (Å²) in [6, 6.07) is 22.8. The van der Waals surface area contributed by atoms with Crippen LogP contribution in [0.4, 0.5) is 11.4 Å². The molecule has 5 heteroatoms. The number of hydrogen-bond acceptors (Lipinski definition) is 3. The SMILES string of the molecule is O=C(Nc1ccc(N2CCCCC2)c(Cl)c1)c1ccc(OCc2ccccc2)cc1. The molecule has 4 nitrogen and oxygen atoms in total. The number of carbonyl (C=O) groups is 1. The van der Waals surface area contributed by atoms with E-state index in [0.717, 1.165) is 30.1 Å². The maximum absolute atomic E-state index is 12.6. The predicted molar refractivity (Wildman–Crippen MR) is 123 cm³/mol. The van der Waals surface area contributed by atoms with Gasteiger partial charge in [0, 0.05) is 24.3 Å². The summed E-state index contributed by atoms with van der Waals surface area (Å²) in [5.41, 5.74) is 3.40. The minimum Gasteiger partial charge on any atom is -0.489 e. The van der Waals surface area contributed by atoms with Crippen molar-refractivity contribution in [2.24, 2.45) is 0 Å². The van der Waals surface area contributed by atoms with E-state index < -0.39 is 0 Å². The molecule has 1 aliphatic rings. The van der Waals surface area contributed by atoms with Gasteiger partial charge in [-0.3, -0.25) is 4.79 Å². The largest absolute Gasteiger partial charge is 0.489 e. The second-order valence-corrected chi connectivity index (χ2v) is 7.87. The van der Waals surface area contributed by atoms with Crippen molar-refractivity contribution in [1.82, 2.24) is 0 Å². The molecule has 0 atom stereocenters. The summed E-state index contributed by atoms with van der Waals surface area (Å²) in [4.78, 5) is 14.9. The van der Waals surface area contributed by atoms with Crippen LogP contribution in [0.2, 0.25) is 5.02 Å². The second kappa shape index (κ2) is 9.68. The highest BCUT2D eigenvalue weighted by atomic mass is 35.5. The molecule has 3 aromatic rings. The van der Waals surface area contributed by atoms with Gasteiger partial charge in [-0.15, -0.1) is 0 Å². The lowest BCUT2D eigenvalue weighted by Crippen LogP contribution is -2.29. The Morgan fingerprint density at radius 3 is 2.37 bits per heavy atom. The topological polar surface area (TPSA) is 41.6 Å². The predicted octanol–water partition coefficient (Wildman–Crippen LogP) is 6.16. The molecule has 0 unspecified atom stereocenters. The number of hydrogen-bond donors (Lipinski definition) is 1. The first-order valence-electron chi connectivity index (χ1n) is 10.3. The molecular weight excluding hydrogens is 396 g/mol. The third-order valence-electron chi connectivity index (χ3n) is 5.27. The van der Waals surface area contributed by atoms with Gasteiger partial charge in [-0.2, -0.15) is 0 Å². The number of ether oxygens (including phenoxy) is 1. The van der Waals surface area contributed by atoms with Gasteiger partial charge >= 0.3 is 0 Å². The fraction of sp³-hybridized carbons (Fsp3) is 0.240. The molecule has 0 spiro atoms. The van der Waals surface area contributed by atoms with E-state index in [2.05, 4.69) is 10.2 Å². The van der Waals surface area contributed by atoms with Gasteiger partial charge in [0.15, 0.2) is 0 Å². The van der Waals surface area contributed by atoms with Gasteiger partial charge in [-0.1, -0.05) is 41.9 Å². The monoisotopic (exact) mass is 420 g/mol. The fourth-order valence-electron chi connectivity index (χ4n) is 3.62. The van der Waals surface area contributed by atoms with E-state index in [0.29, 0.717) is 22.9 Å². The van der Waals surface area contributed by atoms with Crippen LogP contribution in [0.1, 0.15) is 35.2 Å². The Balaban J connectivity index is 1.35. The average Bonchev–Trinajstić information content (AvgIpc) is 2.79. The zero-order valence-corrected chi connectivity index (χ0v) is 17.6. The summed E-state index contributed by atoms with van der Waals surface area (Å²) in [6.45, 7) is 2.56. The first-order valence-corrected chi connectivity index (χ1v) is 10.7. The number of carbonyl (C=O) groups excluding carboxylic acids is 1. The molecule has 0 aliphatic carbocycles. The number of nitrogens with zero attached hydrogens (tertiary/aromatic N) is 1. The van der Waals surface area contributed by atoms with Crippen LogP contribution < -0.4 is 15.0 Å². The van der Waals surface area contributed by atoms with Crippen LogP contribution in [0.5, 0.6) is 5.75 Å². The van der Waals surface area contributed by atoms with E-state index in [1.54, 1.807) is 12.1 Å². The van der Waals surface area contributed by atoms with Crippen LogP contribution in [-0.4, -0.2) is 19.0 Å². The quantitative estimate of drug-likeness (QED) is 0.519. The highest BCUT2D eigenvalue weighted by Crippen LogP contribution is 2.31. The molecule has 1 aliphatic heterocycles. The Hall–Kier alpha value is -2.98. The molecule has 1 fully saturated rings. The fourth-order valence-corrected chi connectivity index (χ4v) is 3.92. The second-order valence-electron chi connectivity index (χ2n) is 7.47. The van der Waals surface area contributed by atoms with Crippen LogP contribution >= 0.6 is 11.6 Å². The van der Waals surface area contributed by atoms with E-state index in [4.69, 9.17) is 16.3 Å². The Kier molecular flexibility index (Phi) is 6.55. The highest BCUT2D eigenvalue weighted by molar-refractivity contribution is 6.33. The molecule has 0 aromatic heterocycles. The molecular formula is C25H25ClN2O2. The standard InChI is InChI=1S/C25H25ClN2O2/c26-23-17-21(11-14-24(23)28-15-5-2-6-16-28)27-25(29)20-9-12-22(13-10-20)30-18-19-7-3-1-4-8-19/h1,3-4,7-14,17H,2,5-6,15-16,18H2,(H,27,29). The number of piperidine rings is 1. The highest BCUT2D eigenvalue weighted by Gasteiger charge is 2.15. The lowest BCUT2D eigenvalue weighted by atomic mass is 10.1. The first kappa shape index (κ1) is 20.3. The summed E-state index contributed by atoms with van der Waals surface area (Å²) >= 11 is 6.49. The number of nitrogens with one attached hydrogen (secondary N) is 1. The van der Waals surface area contributed by atoms with Crippen molar-refractivity contribution < 1.29 is 9.53 Å². The maximum Gasteiger partial charge on any atom is 0.255 e. The minimum atomic E-state index is -0.175. The molecule has 0 radical (unpaired) electrons. The van der Waals surface area contributed by atoms with Crippen molar-refractivity contribution in [3.63, 3.8) is 0 Å². The molecule has 1 heterocycles. The Morgan fingerprint density at radius 1 is 0.933 bits per heavy atom. The smallest absolute Gasteiger partial charge is 0.255 e. The lowest BCUT2D eigenvalue weighted by Gasteiger charge is -2.29. The van der Waals surface area contributed by atoms with Crippen LogP contribution in [-0.2, 0) is 6.61 Å². The maximum atomic E-state index is 12.6. The van der Waals surface area contributed by atoms with Gasteiger partial charge in [0.05, 0.1) is 10.7 Å². The van der Waals surface area contributed by atoms with E-state index in [1.807, 2.05) is 60.7 Å². The zero-order valence-electron chi connectivity index (χ0n) is 16.8. The molecule has 4 rings (SSSR count). The van der Waals surface area contributed by atoms with Crippen LogP contribution in [0.25, 0.3) is 0 Å². The van der Waals surface area contributed by atoms with Gasteiger partial charge in [-0.05, 0) is 67.3 Å². The summed E-state index contributed by atoms with van der Waals surface area (Å²) in [5.74, 6) is 0.552. The van der Waals surface area contributed by atoms with Gasteiger partial charge in [0.1, 0.15) is 12.4 Å². The van der Waals surface area contributed by atoms with Gasteiger partial charge in [0.25, 0.3) is 5.91 Å². The molecule has 3 aromatic carbocycles. The Labute approximate surface area is 182 Å². The van der Waals surface area contributed by atoms with E-state index in [9.17, 15) is 4.79 Å². The number of benzene rings is 3. The van der Waals surface area contributed by atoms with E-state index >= 15 is 0 Å². The van der Waals surface area contributed by atoms with Gasteiger partial charge < -0.3 is 15.0 Å². The van der Waals surface area contributed by atoms with Crippen LogP contribution in [0.3, 0.4) is 0 Å². The van der Waals surface area contributed by atoms with Gasteiger partial charge in [0.2, 0.25) is 0 Å². The van der Waals surface area contributed by atoms with Crippen LogP contribution in [0, 0.1) is 0 Å². The van der Waals surface area contributed by atoms with Crippen molar-refractivity contribution in [2.45, 2.75) is 25.9 Å². The molecule has 0 bridgehead atoms. The number of amides is 1. The molecule has 30 heavy (non-hydrogen) atoms. The van der Waals surface area contributed by atoms with Crippen molar-refractivity contribution in [3.8, 4) is 5.75 Å². The number of rotatable bonds is 6.